The number of nitrogens with zero attached hydrogens (tertiary/aromatic N) is 1. The molecule has 5 nitrogen and oxygen atoms in total. The molecule has 0 fully saturated rings. The molecule has 1 heterocycles. The summed E-state index contributed by atoms with van der Waals surface area (Å²) in [5.74, 6) is 1.49. The van der Waals surface area contributed by atoms with Gasteiger partial charge in [-0.3, -0.25) is 5.10 Å². The highest BCUT2D eigenvalue weighted by Gasteiger charge is 2.07. The van der Waals surface area contributed by atoms with Crippen molar-refractivity contribution >= 4 is 5.69 Å². The molecule has 0 aliphatic heterocycles. The zero-order chi connectivity index (χ0) is 19.9. The lowest BCUT2D eigenvalue weighted by atomic mass is 10.1. The fourth-order valence-corrected chi connectivity index (χ4v) is 3.03. The van der Waals surface area contributed by atoms with E-state index in [1.54, 1.807) is 0 Å². The lowest BCUT2D eigenvalue weighted by Gasteiger charge is -2.07. The number of aromatic amines is 1. The van der Waals surface area contributed by atoms with Crippen LogP contribution in [0.2, 0.25) is 0 Å². The van der Waals surface area contributed by atoms with Gasteiger partial charge in [0.15, 0.2) is 0 Å². The van der Waals surface area contributed by atoms with Crippen molar-refractivity contribution in [3.05, 3.63) is 96.2 Å². The average Bonchev–Trinajstić information content (AvgIpc) is 3.23. The molecule has 1 aromatic heterocycles. The van der Waals surface area contributed by atoms with E-state index in [1.165, 1.54) is 5.56 Å². The number of hydrogen-bond acceptors (Lipinski definition) is 4. The second-order valence-electron chi connectivity index (χ2n) is 6.72. The number of H-pyrrole nitrogens is 1. The predicted molar refractivity (Wildman–Crippen MR) is 115 cm³/mol. The minimum atomic E-state index is 0.370. The van der Waals surface area contributed by atoms with Crippen molar-refractivity contribution < 1.29 is 9.47 Å². The van der Waals surface area contributed by atoms with Gasteiger partial charge in [0.1, 0.15) is 18.1 Å². The Labute approximate surface area is 170 Å². The lowest BCUT2D eigenvalue weighted by Crippen LogP contribution is -2.01. The second-order valence-corrected chi connectivity index (χ2v) is 6.72. The summed E-state index contributed by atoms with van der Waals surface area (Å²) >= 11 is 0. The molecular formula is C24H23N3O2. The van der Waals surface area contributed by atoms with Crippen LogP contribution in [-0.2, 0) is 13.0 Å². The molecule has 0 amide bonds. The molecule has 0 saturated heterocycles. The van der Waals surface area contributed by atoms with Crippen molar-refractivity contribution in [2.75, 3.05) is 12.3 Å². The molecule has 0 atom stereocenters. The maximum Gasteiger partial charge on any atom is 0.142 e. The molecule has 0 unspecified atom stereocenters. The fraction of sp³-hybridized carbons (Fsp3) is 0.125. The Morgan fingerprint density at radius 2 is 1.66 bits per heavy atom. The minimum Gasteiger partial charge on any atom is -0.493 e. The fourth-order valence-electron chi connectivity index (χ4n) is 3.03. The van der Waals surface area contributed by atoms with Gasteiger partial charge in [-0.05, 0) is 35.9 Å². The van der Waals surface area contributed by atoms with Gasteiger partial charge in [-0.2, -0.15) is 5.10 Å². The number of nitrogens with one attached hydrogen (secondary N) is 1. The summed E-state index contributed by atoms with van der Waals surface area (Å²) in [5, 5.41) is 7.42. The van der Waals surface area contributed by atoms with E-state index in [0.29, 0.717) is 24.7 Å². The Bertz CT molecular complexity index is 1060. The van der Waals surface area contributed by atoms with Crippen molar-refractivity contribution in [1.29, 1.82) is 0 Å². The molecule has 0 aliphatic rings. The van der Waals surface area contributed by atoms with Crippen molar-refractivity contribution in [2.45, 2.75) is 13.0 Å². The summed E-state index contributed by atoms with van der Waals surface area (Å²) < 4.78 is 11.7. The van der Waals surface area contributed by atoms with Gasteiger partial charge >= 0.3 is 0 Å². The van der Waals surface area contributed by atoms with Crippen LogP contribution in [0.4, 0.5) is 5.69 Å². The van der Waals surface area contributed by atoms with Crippen molar-refractivity contribution in [1.82, 2.24) is 10.2 Å². The molecule has 3 N–H and O–H groups in total. The van der Waals surface area contributed by atoms with Crippen LogP contribution in [-0.4, -0.2) is 16.8 Å². The van der Waals surface area contributed by atoms with Gasteiger partial charge in [-0.25, -0.2) is 0 Å². The van der Waals surface area contributed by atoms with Crippen LogP contribution in [0.15, 0.2) is 84.9 Å². The SMILES string of the molecule is Nc1ccccc1OCc1cc(-c2cccc(OCCc3ccccc3)c2)n[nH]1. The topological polar surface area (TPSA) is 73.2 Å². The van der Waals surface area contributed by atoms with Crippen LogP contribution < -0.4 is 15.2 Å². The molecule has 0 spiro atoms. The van der Waals surface area contributed by atoms with Crippen LogP contribution in [0.5, 0.6) is 11.5 Å². The van der Waals surface area contributed by atoms with Gasteiger partial charge in [0, 0.05) is 12.0 Å². The predicted octanol–water partition coefficient (Wildman–Crippen LogP) is 4.86. The molecule has 29 heavy (non-hydrogen) atoms. The van der Waals surface area contributed by atoms with Gasteiger partial charge in [0.25, 0.3) is 0 Å². The van der Waals surface area contributed by atoms with Gasteiger partial charge in [-0.1, -0.05) is 54.6 Å². The third kappa shape index (κ3) is 4.96. The largest absolute Gasteiger partial charge is 0.493 e. The first-order chi connectivity index (χ1) is 14.3. The van der Waals surface area contributed by atoms with Crippen LogP contribution in [0.1, 0.15) is 11.3 Å². The highest BCUT2D eigenvalue weighted by atomic mass is 16.5. The van der Waals surface area contributed by atoms with Gasteiger partial charge in [-0.15, -0.1) is 0 Å². The maximum absolute atomic E-state index is 5.92. The zero-order valence-electron chi connectivity index (χ0n) is 16.0. The Morgan fingerprint density at radius 1 is 0.828 bits per heavy atom. The Hall–Kier alpha value is -3.73. The molecule has 0 saturated carbocycles. The van der Waals surface area contributed by atoms with Gasteiger partial charge in [0.05, 0.1) is 23.7 Å². The molecular weight excluding hydrogens is 362 g/mol. The maximum atomic E-state index is 5.92. The minimum absolute atomic E-state index is 0.370. The Kier molecular flexibility index (Phi) is 5.76. The standard InChI is InChI=1S/C24H23N3O2/c25-22-11-4-5-12-24(22)29-17-20-16-23(27-26-20)19-9-6-10-21(15-19)28-14-13-18-7-2-1-3-8-18/h1-12,15-16H,13-14,17,25H2,(H,26,27). The molecule has 0 aliphatic carbocycles. The lowest BCUT2D eigenvalue weighted by molar-refractivity contribution is 0.303. The van der Waals surface area contributed by atoms with E-state index < -0.39 is 0 Å². The monoisotopic (exact) mass is 385 g/mol. The number of nitrogens with two attached hydrogens (primary N) is 1. The van der Waals surface area contributed by atoms with Crippen LogP contribution >= 0.6 is 0 Å². The number of aromatic nitrogens is 2. The summed E-state index contributed by atoms with van der Waals surface area (Å²) in [7, 11) is 0. The first-order valence-corrected chi connectivity index (χ1v) is 9.57. The summed E-state index contributed by atoms with van der Waals surface area (Å²) in [4.78, 5) is 0. The average molecular weight is 385 g/mol. The van der Waals surface area contributed by atoms with Gasteiger partial charge < -0.3 is 15.2 Å². The van der Waals surface area contributed by atoms with Crippen molar-refractivity contribution in [2.24, 2.45) is 0 Å². The van der Waals surface area contributed by atoms with E-state index in [4.69, 9.17) is 15.2 Å². The summed E-state index contributed by atoms with van der Waals surface area (Å²) in [6, 6.07) is 27.7. The number of ether oxygens (including phenoxy) is 2. The molecule has 3 aromatic carbocycles. The van der Waals surface area contributed by atoms with Crippen LogP contribution in [0.25, 0.3) is 11.3 Å². The quantitative estimate of drug-likeness (QED) is 0.425. The highest BCUT2D eigenvalue weighted by Crippen LogP contribution is 2.24. The van der Waals surface area contributed by atoms with Crippen LogP contribution in [0.3, 0.4) is 0 Å². The normalized spacial score (nSPS) is 10.6. The van der Waals surface area contributed by atoms with Crippen LogP contribution in [0, 0.1) is 0 Å². The number of para-hydroxylation sites is 2. The first kappa shape index (κ1) is 18.6. The van der Waals surface area contributed by atoms with E-state index in [9.17, 15) is 0 Å². The third-order valence-electron chi connectivity index (χ3n) is 4.57. The van der Waals surface area contributed by atoms with Gasteiger partial charge in [0.2, 0.25) is 0 Å². The van der Waals surface area contributed by atoms with E-state index >= 15 is 0 Å². The number of nitrogen functional groups attached to an aromatic ring is 1. The number of benzene rings is 3. The van der Waals surface area contributed by atoms with E-state index in [0.717, 1.165) is 29.1 Å². The molecule has 4 rings (SSSR count). The number of hydrogen-bond donors (Lipinski definition) is 2. The Balaban J connectivity index is 1.36. The summed E-state index contributed by atoms with van der Waals surface area (Å²) in [5.41, 5.74) is 10.5. The van der Waals surface area contributed by atoms with Crippen molar-refractivity contribution in [3.8, 4) is 22.8 Å². The smallest absolute Gasteiger partial charge is 0.142 e. The molecule has 0 bridgehead atoms. The van der Waals surface area contributed by atoms with E-state index in [2.05, 4.69) is 22.3 Å². The number of rotatable bonds is 8. The number of anilines is 1. The molecule has 146 valence electrons. The summed E-state index contributed by atoms with van der Waals surface area (Å²) in [6.45, 7) is 1.00. The molecule has 5 heteroatoms. The van der Waals surface area contributed by atoms with E-state index in [1.807, 2.05) is 72.8 Å². The Morgan fingerprint density at radius 3 is 2.52 bits per heavy atom. The van der Waals surface area contributed by atoms with E-state index in [-0.39, 0.29) is 0 Å². The first-order valence-electron chi connectivity index (χ1n) is 9.57. The molecule has 4 aromatic rings. The second kappa shape index (κ2) is 8.97. The summed E-state index contributed by atoms with van der Waals surface area (Å²) in [6.07, 6.45) is 0.873. The zero-order valence-corrected chi connectivity index (χ0v) is 16.0. The third-order valence-corrected chi connectivity index (χ3v) is 4.57. The van der Waals surface area contributed by atoms with Crippen molar-refractivity contribution in [3.63, 3.8) is 0 Å². The highest BCUT2D eigenvalue weighted by molar-refractivity contribution is 5.61. The molecule has 0 radical (unpaired) electrons.